The fourth-order valence-corrected chi connectivity index (χ4v) is 5.66. The van der Waals surface area contributed by atoms with Crippen LogP contribution in [0.15, 0.2) is 100 Å². The second-order valence-corrected chi connectivity index (χ2v) is 10.2. The average molecular weight is 520 g/mol. The Kier molecular flexibility index (Phi) is 6.13. The highest BCUT2D eigenvalue weighted by Crippen LogP contribution is 2.38. The molecule has 1 aliphatic rings. The van der Waals surface area contributed by atoms with E-state index in [1.54, 1.807) is 13.2 Å². The van der Waals surface area contributed by atoms with E-state index in [0.29, 0.717) is 28.3 Å². The maximum Gasteiger partial charge on any atom is 0.284 e. The number of amides is 1. The summed E-state index contributed by atoms with van der Waals surface area (Å²) in [6, 6.07) is 26.8. The minimum Gasteiger partial charge on any atom is -0.497 e. The number of fused-ring (bicyclic) bond motifs is 1. The van der Waals surface area contributed by atoms with Crippen molar-refractivity contribution in [3.8, 4) is 16.9 Å². The van der Waals surface area contributed by atoms with Crippen LogP contribution in [-0.4, -0.2) is 28.7 Å². The molecule has 5 aromatic rings. The Labute approximate surface area is 223 Å². The van der Waals surface area contributed by atoms with Gasteiger partial charge in [-0.05, 0) is 47.7 Å². The topological polar surface area (TPSA) is 74.8 Å². The molecule has 0 aliphatic carbocycles. The molecule has 0 fully saturated rings. The number of hydrogen-bond donors (Lipinski definition) is 1. The van der Waals surface area contributed by atoms with Crippen molar-refractivity contribution in [1.29, 1.82) is 0 Å². The van der Waals surface area contributed by atoms with E-state index >= 15 is 0 Å². The molecule has 2 aromatic heterocycles. The van der Waals surface area contributed by atoms with Crippen LogP contribution in [0.2, 0.25) is 0 Å². The number of H-pyrrole nitrogens is 1. The third-order valence-electron chi connectivity index (χ3n) is 6.88. The van der Waals surface area contributed by atoms with Gasteiger partial charge in [0.2, 0.25) is 0 Å². The number of hydrogen-bond acceptors (Lipinski definition) is 5. The first kappa shape index (κ1) is 23.9. The number of rotatable bonds is 5. The molecule has 0 saturated carbocycles. The van der Waals surface area contributed by atoms with Crippen LogP contribution in [0.3, 0.4) is 0 Å². The first-order valence-corrected chi connectivity index (χ1v) is 13.2. The summed E-state index contributed by atoms with van der Waals surface area (Å²) in [5.74, 6) is 0.500. The van der Waals surface area contributed by atoms with Crippen molar-refractivity contribution < 1.29 is 9.53 Å². The number of aromatic amines is 1. The minimum atomic E-state index is -0.383. The molecule has 6 nitrogen and oxygen atoms in total. The number of carbonyl (C=O) groups excluding carboxylic acids is 1. The van der Waals surface area contributed by atoms with Crippen LogP contribution >= 0.6 is 11.3 Å². The number of pyridine rings is 1. The number of para-hydroxylation sites is 1. The Bertz CT molecular complexity index is 1740. The molecule has 0 saturated heterocycles. The third kappa shape index (κ3) is 4.21. The predicted molar refractivity (Wildman–Crippen MR) is 152 cm³/mol. The second-order valence-electron chi connectivity index (χ2n) is 9.29. The maximum atomic E-state index is 13.7. The predicted octanol–water partition coefficient (Wildman–Crippen LogP) is 6.57. The highest BCUT2D eigenvalue weighted by Gasteiger charge is 2.36. The standard InChI is InChI=1S/C31H25N3O3S/c1-19-12-14-20(15-13-19)28-23-9-3-4-10-24(23)32-30(35)29(28)25-18-26(21-7-5-8-22(17-21)37-2)34(33-25)31(36)27-11-6-16-38-27/h3-17,26H,18H2,1-2H3,(H,32,35). The van der Waals surface area contributed by atoms with Crippen LogP contribution in [0.1, 0.15) is 38.8 Å². The number of carbonyl (C=O) groups is 1. The molecule has 6 rings (SSSR count). The molecule has 0 radical (unpaired) electrons. The number of benzene rings is 3. The van der Waals surface area contributed by atoms with Crippen molar-refractivity contribution in [1.82, 2.24) is 9.99 Å². The summed E-state index contributed by atoms with van der Waals surface area (Å²) in [7, 11) is 1.62. The van der Waals surface area contributed by atoms with Crippen molar-refractivity contribution in [2.24, 2.45) is 5.10 Å². The van der Waals surface area contributed by atoms with Gasteiger partial charge in [0, 0.05) is 22.9 Å². The largest absolute Gasteiger partial charge is 0.497 e. The molecule has 7 heteroatoms. The molecule has 3 heterocycles. The van der Waals surface area contributed by atoms with Gasteiger partial charge in [0.15, 0.2) is 0 Å². The summed E-state index contributed by atoms with van der Waals surface area (Å²) < 4.78 is 5.45. The minimum absolute atomic E-state index is 0.197. The second kappa shape index (κ2) is 9.76. The van der Waals surface area contributed by atoms with Gasteiger partial charge < -0.3 is 9.72 Å². The molecule has 188 valence electrons. The molecule has 1 atom stereocenters. The zero-order chi connectivity index (χ0) is 26.2. The highest BCUT2D eigenvalue weighted by atomic mass is 32.1. The number of aromatic nitrogens is 1. The molecule has 1 N–H and O–H groups in total. The van der Waals surface area contributed by atoms with Crippen LogP contribution in [0.4, 0.5) is 0 Å². The van der Waals surface area contributed by atoms with Gasteiger partial charge in [-0.25, -0.2) is 5.01 Å². The van der Waals surface area contributed by atoms with Crippen LogP contribution in [0.5, 0.6) is 5.75 Å². The van der Waals surface area contributed by atoms with Crippen LogP contribution < -0.4 is 10.3 Å². The fourth-order valence-electron chi connectivity index (χ4n) is 5.01. The fraction of sp³-hybridized carbons (Fsp3) is 0.129. The van der Waals surface area contributed by atoms with E-state index in [2.05, 4.69) is 4.98 Å². The summed E-state index contributed by atoms with van der Waals surface area (Å²) in [5.41, 5.74) is 5.36. The Balaban J connectivity index is 1.56. The molecule has 1 unspecified atom stereocenters. The first-order chi connectivity index (χ1) is 18.5. The zero-order valence-electron chi connectivity index (χ0n) is 21.0. The van der Waals surface area contributed by atoms with Crippen LogP contribution in [-0.2, 0) is 0 Å². The quantitative estimate of drug-likeness (QED) is 0.286. The summed E-state index contributed by atoms with van der Waals surface area (Å²) in [6.45, 7) is 2.04. The lowest BCUT2D eigenvalue weighted by molar-refractivity contribution is 0.0716. The lowest BCUT2D eigenvalue weighted by Crippen LogP contribution is -2.26. The number of nitrogens with zero attached hydrogens (tertiary/aromatic N) is 2. The van der Waals surface area contributed by atoms with E-state index < -0.39 is 0 Å². The highest BCUT2D eigenvalue weighted by molar-refractivity contribution is 7.12. The van der Waals surface area contributed by atoms with Gasteiger partial charge in [-0.1, -0.05) is 66.2 Å². The van der Waals surface area contributed by atoms with Gasteiger partial charge in [0.05, 0.1) is 29.3 Å². The van der Waals surface area contributed by atoms with E-state index in [-0.39, 0.29) is 17.5 Å². The molecule has 3 aromatic carbocycles. The van der Waals surface area contributed by atoms with Crippen molar-refractivity contribution in [2.75, 3.05) is 7.11 Å². The smallest absolute Gasteiger partial charge is 0.284 e. The Morgan fingerprint density at radius 2 is 1.82 bits per heavy atom. The zero-order valence-corrected chi connectivity index (χ0v) is 21.8. The van der Waals surface area contributed by atoms with Gasteiger partial charge in [0.1, 0.15) is 5.75 Å². The van der Waals surface area contributed by atoms with Gasteiger partial charge in [-0.2, -0.15) is 5.10 Å². The van der Waals surface area contributed by atoms with Crippen molar-refractivity contribution >= 4 is 33.9 Å². The summed E-state index contributed by atoms with van der Waals surface area (Å²) in [6.07, 6.45) is 0.393. The number of aryl methyl sites for hydroxylation is 1. The van der Waals surface area contributed by atoms with Gasteiger partial charge in [-0.3, -0.25) is 9.59 Å². The van der Waals surface area contributed by atoms with Gasteiger partial charge >= 0.3 is 0 Å². The Morgan fingerprint density at radius 1 is 1.00 bits per heavy atom. The van der Waals surface area contributed by atoms with Crippen LogP contribution in [0, 0.1) is 6.92 Å². The van der Waals surface area contributed by atoms with Crippen molar-refractivity contribution in [2.45, 2.75) is 19.4 Å². The van der Waals surface area contributed by atoms with Gasteiger partial charge in [-0.15, -0.1) is 11.3 Å². The lowest BCUT2D eigenvalue weighted by atomic mass is 9.90. The molecule has 0 bridgehead atoms. The number of hydrazone groups is 1. The van der Waals surface area contributed by atoms with E-state index in [1.807, 2.05) is 91.2 Å². The molecule has 0 spiro atoms. The normalized spacial score (nSPS) is 15.1. The van der Waals surface area contributed by atoms with E-state index in [0.717, 1.165) is 33.2 Å². The summed E-state index contributed by atoms with van der Waals surface area (Å²) in [5, 5.41) is 9.16. The molecular weight excluding hydrogens is 494 g/mol. The molecule has 38 heavy (non-hydrogen) atoms. The van der Waals surface area contributed by atoms with Gasteiger partial charge in [0.25, 0.3) is 11.5 Å². The Hall–Kier alpha value is -4.49. The molecule has 1 aliphatic heterocycles. The summed E-state index contributed by atoms with van der Waals surface area (Å²) >= 11 is 1.37. The maximum absolute atomic E-state index is 13.7. The number of nitrogens with one attached hydrogen (secondary N) is 1. The number of ether oxygens (including phenoxy) is 1. The van der Waals surface area contributed by atoms with E-state index in [4.69, 9.17) is 9.84 Å². The number of thiophene rings is 1. The Morgan fingerprint density at radius 3 is 2.58 bits per heavy atom. The monoisotopic (exact) mass is 519 g/mol. The summed E-state index contributed by atoms with van der Waals surface area (Å²) in [4.78, 5) is 30.9. The average Bonchev–Trinajstić information content (AvgIpc) is 3.64. The number of methoxy groups -OCH3 is 1. The van der Waals surface area contributed by atoms with Crippen molar-refractivity contribution in [3.05, 3.63) is 122 Å². The SMILES string of the molecule is COc1cccc(C2CC(c3c(-c4ccc(C)cc4)c4ccccc4[nH]c3=O)=NN2C(=O)c2cccs2)c1. The van der Waals surface area contributed by atoms with Crippen LogP contribution in [0.25, 0.3) is 22.0 Å². The first-order valence-electron chi connectivity index (χ1n) is 12.3. The molecule has 1 amide bonds. The third-order valence-corrected chi connectivity index (χ3v) is 7.74. The lowest BCUT2D eigenvalue weighted by Gasteiger charge is -2.22. The van der Waals surface area contributed by atoms with E-state index in [1.165, 1.54) is 16.3 Å². The molecular formula is C31H25N3O3S. The van der Waals surface area contributed by atoms with E-state index in [9.17, 15) is 9.59 Å². The van der Waals surface area contributed by atoms with Crippen molar-refractivity contribution in [3.63, 3.8) is 0 Å².